The van der Waals surface area contributed by atoms with Crippen molar-refractivity contribution in [3.05, 3.63) is 18.0 Å². The fourth-order valence-corrected chi connectivity index (χ4v) is 0.710. The van der Waals surface area contributed by atoms with Crippen molar-refractivity contribution in [2.45, 2.75) is 6.92 Å². The number of nitrogens with one attached hydrogen (secondary N) is 1. The van der Waals surface area contributed by atoms with Crippen molar-refractivity contribution in [1.82, 2.24) is 4.98 Å². The summed E-state index contributed by atoms with van der Waals surface area (Å²) in [7, 11) is 0. The molecule has 0 atom stereocenters. The molecule has 1 rings (SSSR count). The van der Waals surface area contributed by atoms with Gasteiger partial charge in [0.25, 0.3) is 0 Å². The van der Waals surface area contributed by atoms with E-state index < -0.39 is 5.97 Å². The molecule has 1 aromatic rings. The average molecular weight is 155 g/mol. The van der Waals surface area contributed by atoms with Crippen LogP contribution in [0.25, 0.3) is 0 Å². The monoisotopic (exact) mass is 155 g/mol. The molecule has 4 heteroatoms. The molecule has 0 fully saturated rings. The van der Waals surface area contributed by atoms with Gasteiger partial charge in [-0.2, -0.15) is 0 Å². The van der Waals surface area contributed by atoms with Gasteiger partial charge in [-0.1, -0.05) is 0 Å². The molecule has 0 aliphatic heterocycles. The van der Waals surface area contributed by atoms with E-state index in [0.717, 1.165) is 0 Å². The quantitative estimate of drug-likeness (QED) is 0.623. The number of ether oxygens (including phenoxy) is 1. The second-order valence-electron chi connectivity index (χ2n) is 1.99. The van der Waals surface area contributed by atoms with Crippen LogP contribution in [0.2, 0.25) is 0 Å². The molecule has 0 spiro atoms. The van der Waals surface area contributed by atoms with Gasteiger partial charge in [-0.3, -0.25) is 0 Å². The van der Waals surface area contributed by atoms with Gasteiger partial charge in [-0.25, -0.2) is 4.79 Å². The number of hydrogen-bond donors (Lipinski definition) is 2. The number of esters is 1. The zero-order valence-corrected chi connectivity index (χ0v) is 6.13. The molecule has 0 unspecified atom stereocenters. The number of H-pyrrole nitrogens is 1. The second kappa shape index (κ2) is 3.09. The largest absolute Gasteiger partial charge is 0.506 e. The molecule has 0 aliphatic rings. The van der Waals surface area contributed by atoms with E-state index in [-0.39, 0.29) is 11.4 Å². The highest BCUT2D eigenvalue weighted by Crippen LogP contribution is 2.09. The fraction of sp³-hybridized carbons (Fsp3) is 0.286. The van der Waals surface area contributed by atoms with Crippen LogP contribution >= 0.6 is 0 Å². The zero-order chi connectivity index (χ0) is 8.27. The summed E-state index contributed by atoms with van der Waals surface area (Å²) < 4.78 is 4.66. The van der Waals surface area contributed by atoms with Crippen molar-refractivity contribution < 1.29 is 14.6 Å². The number of carbonyl (C=O) groups is 1. The summed E-state index contributed by atoms with van der Waals surface area (Å²) in [5, 5.41) is 8.83. The molecule has 0 radical (unpaired) electrons. The molecule has 1 aromatic heterocycles. The molecule has 60 valence electrons. The average Bonchev–Trinajstić information content (AvgIpc) is 2.36. The Hall–Kier alpha value is -1.45. The molecule has 0 bridgehead atoms. The Morgan fingerprint density at radius 1 is 1.82 bits per heavy atom. The number of rotatable bonds is 2. The van der Waals surface area contributed by atoms with Crippen LogP contribution in [0.5, 0.6) is 5.75 Å². The van der Waals surface area contributed by atoms with Gasteiger partial charge < -0.3 is 14.8 Å². The molecule has 0 aliphatic carbocycles. The van der Waals surface area contributed by atoms with E-state index in [1.165, 1.54) is 12.3 Å². The maximum absolute atomic E-state index is 10.9. The van der Waals surface area contributed by atoms with Crippen molar-refractivity contribution >= 4 is 5.97 Å². The number of carbonyl (C=O) groups excluding carboxylic acids is 1. The number of hydrogen-bond acceptors (Lipinski definition) is 3. The summed E-state index contributed by atoms with van der Waals surface area (Å²) in [4.78, 5) is 13.5. The van der Waals surface area contributed by atoms with Crippen LogP contribution in [0.15, 0.2) is 12.3 Å². The van der Waals surface area contributed by atoms with Crippen LogP contribution < -0.4 is 0 Å². The molecular formula is C7H9NO3. The Bertz CT molecular complexity index is 254. The Labute approximate surface area is 63.8 Å². The Morgan fingerprint density at radius 2 is 2.55 bits per heavy atom. The maximum Gasteiger partial charge on any atom is 0.354 e. The molecule has 11 heavy (non-hydrogen) atoms. The van der Waals surface area contributed by atoms with Crippen LogP contribution in [0.1, 0.15) is 17.4 Å². The number of aromatic amines is 1. The molecule has 0 aromatic carbocycles. The van der Waals surface area contributed by atoms with Gasteiger partial charge in [0.1, 0.15) is 11.4 Å². The van der Waals surface area contributed by atoms with Gasteiger partial charge in [0.15, 0.2) is 0 Å². The summed E-state index contributed by atoms with van der Waals surface area (Å²) in [6, 6.07) is 1.32. The zero-order valence-electron chi connectivity index (χ0n) is 6.13. The van der Waals surface area contributed by atoms with Crippen molar-refractivity contribution in [1.29, 1.82) is 0 Å². The number of aromatic hydroxyl groups is 1. The van der Waals surface area contributed by atoms with Gasteiger partial charge in [0.05, 0.1) is 6.61 Å². The maximum atomic E-state index is 10.9. The lowest BCUT2D eigenvalue weighted by Crippen LogP contribution is -2.04. The predicted octanol–water partition coefficient (Wildman–Crippen LogP) is 0.897. The summed E-state index contributed by atoms with van der Waals surface area (Å²) in [5.74, 6) is -0.416. The summed E-state index contributed by atoms with van der Waals surface area (Å²) >= 11 is 0. The highest BCUT2D eigenvalue weighted by Gasteiger charge is 2.07. The first-order chi connectivity index (χ1) is 5.24. The molecule has 2 N–H and O–H groups in total. The van der Waals surface area contributed by atoms with Crippen molar-refractivity contribution in [2.24, 2.45) is 0 Å². The van der Waals surface area contributed by atoms with E-state index in [0.29, 0.717) is 6.61 Å². The topological polar surface area (TPSA) is 62.3 Å². The lowest BCUT2D eigenvalue weighted by atomic mass is 10.4. The summed E-state index contributed by atoms with van der Waals surface area (Å²) in [6.45, 7) is 2.05. The van der Waals surface area contributed by atoms with E-state index in [1.54, 1.807) is 6.92 Å². The first kappa shape index (κ1) is 7.65. The van der Waals surface area contributed by atoms with Gasteiger partial charge in [-0.05, 0) is 6.92 Å². The van der Waals surface area contributed by atoms with Crippen LogP contribution in [0.4, 0.5) is 0 Å². The number of aromatic nitrogens is 1. The van der Waals surface area contributed by atoms with Gasteiger partial charge in [-0.15, -0.1) is 0 Å². The fourth-order valence-electron chi connectivity index (χ4n) is 0.710. The Morgan fingerprint density at radius 3 is 3.00 bits per heavy atom. The SMILES string of the molecule is CCOC(=O)c1cc(O)c[nH]1. The standard InChI is InChI=1S/C7H9NO3/c1-2-11-7(10)6-3-5(9)4-8-6/h3-4,8-9H,2H2,1H3. The van der Waals surface area contributed by atoms with Crippen LogP contribution in [0, 0.1) is 0 Å². The van der Waals surface area contributed by atoms with Gasteiger partial charge >= 0.3 is 5.97 Å². The van der Waals surface area contributed by atoms with Crippen LogP contribution in [-0.4, -0.2) is 22.7 Å². The van der Waals surface area contributed by atoms with E-state index in [1.807, 2.05) is 0 Å². The molecule has 1 heterocycles. The van der Waals surface area contributed by atoms with Crippen molar-refractivity contribution in [3.63, 3.8) is 0 Å². The van der Waals surface area contributed by atoms with Gasteiger partial charge in [0, 0.05) is 12.3 Å². The third-order valence-electron chi connectivity index (χ3n) is 1.16. The first-order valence-electron chi connectivity index (χ1n) is 3.28. The van der Waals surface area contributed by atoms with E-state index >= 15 is 0 Å². The minimum atomic E-state index is -0.451. The summed E-state index contributed by atoms with van der Waals surface area (Å²) in [6.07, 6.45) is 1.33. The Balaban J connectivity index is 2.69. The second-order valence-corrected chi connectivity index (χ2v) is 1.99. The third kappa shape index (κ3) is 1.73. The minimum absolute atomic E-state index is 0.0352. The Kier molecular flexibility index (Phi) is 2.15. The molecular weight excluding hydrogens is 146 g/mol. The van der Waals surface area contributed by atoms with Crippen molar-refractivity contribution in [2.75, 3.05) is 6.61 Å². The summed E-state index contributed by atoms with van der Waals surface area (Å²) in [5.41, 5.74) is 0.268. The van der Waals surface area contributed by atoms with Crippen LogP contribution in [-0.2, 0) is 4.74 Å². The normalized spacial score (nSPS) is 9.55. The van der Waals surface area contributed by atoms with Gasteiger partial charge in [0.2, 0.25) is 0 Å². The smallest absolute Gasteiger partial charge is 0.354 e. The minimum Gasteiger partial charge on any atom is -0.506 e. The molecule has 0 amide bonds. The molecule has 0 saturated heterocycles. The lowest BCUT2D eigenvalue weighted by molar-refractivity contribution is 0.0520. The predicted molar refractivity (Wildman–Crippen MR) is 38.4 cm³/mol. The first-order valence-corrected chi connectivity index (χ1v) is 3.28. The van der Waals surface area contributed by atoms with E-state index in [4.69, 9.17) is 5.11 Å². The highest BCUT2D eigenvalue weighted by molar-refractivity contribution is 5.87. The van der Waals surface area contributed by atoms with Crippen molar-refractivity contribution in [3.8, 4) is 5.75 Å². The molecule has 4 nitrogen and oxygen atoms in total. The van der Waals surface area contributed by atoms with Crippen LogP contribution in [0.3, 0.4) is 0 Å². The van der Waals surface area contributed by atoms with E-state index in [9.17, 15) is 4.79 Å². The molecule has 0 saturated carbocycles. The lowest BCUT2D eigenvalue weighted by Gasteiger charge is -1.96. The highest BCUT2D eigenvalue weighted by atomic mass is 16.5. The third-order valence-corrected chi connectivity index (χ3v) is 1.16. The van der Waals surface area contributed by atoms with E-state index in [2.05, 4.69) is 9.72 Å².